The molecule has 114 valence electrons. The van der Waals surface area contributed by atoms with Crippen LogP contribution in [0, 0.1) is 5.92 Å². The number of rotatable bonds is 1. The third kappa shape index (κ3) is 1.98. The summed E-state index contributed by atoms with van der Waals surface area (Å²) in [5.41, 5.74) is 3.35. The van der Waals surface area contributed by atoms with E-state index < -0.39 is 0 Å². The molecule has 4 aromatic rings. The van der Waals surface area contributed by atoms with Gasteiger partial charge in [0.25, 0.3) is 0 Å². The average molecular weight is 321 g/mol. The van der Waals surface area contributed by atoms with Crippen molar-refractivity contribution in [2.24, 2.45) is 5.92 Å². The first kappa shape index (κ1) is 13.1. The number of hydrogen-bond acceptors (Lipinski definition) is 5. The predicted octanol–water partition coefficient (Wildman–Crippen LogP) is 3.53. The van der Waals surface area contributed by atoms with E-state index in [1.807, 2.05) is 28.0 Å². The van der Waals surface area contributed by atoms with Crippen LogP contribution in [0.25, 0.3) is 27.3 Å². The molecule has 0 saturated carbocycles. The van der Waals surface area contributed by atoms with Crippen LogP contribution in [0.3, 0.4) is 0 Å². The lowest BCUT2D eigenvalue weighted by molar-refractivity contribution is 0.509. The Labute approximate surface area is 137 Å². The van der Waals surface area contributed by atoms with Crippen LogP contribution in [0.4, 0.5) is 0 Å². The van der Waals surface area contributed by atoms with Crippen molar-refractivity contribution in [2.75, 3.05) is 0 Å². The average Bonchev–Trinajstić information content (AvgIpc) is 3.15. The summed E-state index contributed by atoms with van der Waals surface area (Å²) in [5, 5.41) is 5.80. The van der Waals surface area contributed by atoms with Crippen molar-refractivity contribution in [3.8, 4) is 11.4 Å². The summed E-state index contributed by atoms with van der Waals surface area (Å²) >= 11 is 1.82. The van der Waals surface area contributed by atoms with Crippen LogP contribution >= 0.6 is 11.3 Å². The zero-order chi connectivity index (χ0) is 15.4. The van der Waals surface area contributed by atoms with Gasteiger partial charge in [0.05, 0.1) is 5.39 Å². The van der Waals surface area contributed by atoms with E-state index in [2.05, 4.69) is 22.0 Å². The fourth-order valence-corrected chi connectivity index (χ4v) is 4.71. The molecule has 0 saturated heterocycles. The van der Waals surface area contributed by atoms with Crippen LogP contribution in [0.15, 0.2) is 30.9 Å². The highest BCUT2D eigenvalue weighted by Gasteiger charge is 2.23. The molecule has 1 atom stereocenters. The summed E-state index contributed by atoms with van der Waals surface area (Å²) in [6.07, 6.45) is 8.83. The van der Waals surface area contributed by atoms with Crippen LogP contribution in [-0.4, -0.2) is 24.6 Å². The number of thiophene rings is 1. The number of fused-ring (bicyclic) bond motifs is 5. The van der Waals surface area contributed by atoms with Gasteiger partial charge in [-0.05, 0) is 42.9 Å². The van der Waals surface area contributed by atoms with Crippen molar-refractivity contribution in [1.82, 2.24) is 24.6 Å². The molecule has 5 rings (SSSR count). The third-order valence-electron chi connectivity index (χ3n) is 4.57. The molecule has 4 aromatic heterocycles. The molecule has 0 spiro atoms. The van der Waals surface area contributed by atoms with Gasteiger partial charge in [-0.2, -0.15) is 0 Å². The molecule has 0 bridgehead atoms. The number of pyridine rings is 1. The van der Waals surface area contributed by atoms with E-state index in [0.717, 1.165) is 40.6 Å². The quantitative estimate of drug-likeness (QED) is 0.538. The Morgan fingerprint density at radius 3 is 3.00 bits per heavy atom. The second kappa shape index (κ2) is 4.83. The van der Waals surface area contributed by atoms with Gasteiger partial charge < -0.3 is 0 Å². The van der Waals surface area contributed by atoms with Crippen molar-refractivity contribution in [3.05, 3.63) is 41.3 Å². The lowest BCUT2D eigenvalue weighted by atomic mass is 9.89. The Kier molecular flexibility index (Phi) is 2.76. The summed E-state index contributed by atoms with van der Waals surface area (Å²) in [7, 11) is 0. The standard InChI is InChI=1S/C17H15N5S/c1-10-2-3-12-13(8-10)23-17-14(12)16-20-15(21-22(16)9-19-17)11-4-6-18-7-5-11/h4-7,9-10H,2-3,8H2,1H3. The molecule has 0 fully saturated rings. The van der Waals surface area contributed by atoms with Gasteiger partial charge in [0.1, 0.15) is 11.2 Å². The van der Waals surface area contributed by atoms with E-state index >= 15 is 0 Å². The Morgan fingerprint density at radius 2 is 2.13 bits per heavy atom. The Hall–Kier alpha value is -2.34. The highest BCUT2D eigenvalue weighted by Crippen LogP contribution is 2.38. The minimum absolute atomic E-state index is 0.728. The summed E-state index contributed by atoms with van der Waals surface area (Å²) in [6.45, 7) is 2.33. The Bertz CT molecular complexity index is 1020. The fraction of sp³-hybridized carbons (Fsp3) is 0.294. The lowest BCUT2D eigenvalue weighted by Crippen LogP contribution is -2.08. The molecular formula is C17H15N5S. The van der Waals surface area contributed by atoms with Gasteiger partial charge >= 0.3 is 0 Å². The Morgan fingerprint density at radius 1 is 1.26 bits per heavy atom. The van der Waals surface area contributed by atoms with Crippen LogP contribution in [0.5, 0.6) is 0 Å². The first-order chi connectivity index (χ1) is 11.3. The molecule has 23 heavy (non-hydrogen) atoms. The molecule has 1 unspecified atom stereocenters. The van der Waals surface area contributed by atoms with E-state index in [4.69, 9.17) is 4.98 Å². The van der Waals surface area contributed by atoms with Crippen molar-refractivity contribution >= 4 is 27.2 Å². The topological polar surface area (TPSA) is 56.0 Å². The maximum atomic E-state index is 4.80. The fourth-order valence-electron chi connectivity index (χ4n) is 3.36. The first-order valence-electron chi connectivity index (χ1n) is 7.85. The van der Waals surface area contributed by atoms with Gasteiger partial charge in [-0.3, -0.25) is 4.98 Å². The lowest BCUT2D eigenvalue weighted by Gasteiger charge is -2.17. The molecule has 0 aliphatic heterocycles. The van der Waals surface area contributed by atoms with E-state index in [0.29, 0.717) is 0 Å². The molecule has 0 amide bonds. The molecule has 1 aliphatic rings. The van der Waals surface area contributed by atoms with Crippen molar-refractivity contribution < 1.29 is 0 Å². The van der Waals surface area contributed by atoms with Crippen LogP contribution in [0.2, 0.25) is 0 Å². The highest BCUT2D eigenvalue weighted by molar-refractivity contribution is 7.19. The molecule has 0 radical (unpaired) electrons. The van der Waals surface area contributed by atoms with E-state index in [-0.39, 0.29) is 0 Å². The van der Waals surface area contributed by atoms with Gasteiger partial charge in [0.15, 0.2) is 11.5 Å². The Balaban J connectivity index is 1.78. The smallest absolute Gasteiger partial charge is 0.182 e. The monoisotopic (exact) mass is 321 g/mol. The number of hydrogen-bond donors (Lipinski definition) is 0. The van der Waals surface area contributed by atoms with Gasteiger partial charge in [-0.1, -0.05) is 6.92 Å². The molecule has 4 heterocycles. The van der Waals surface area contributed by atoms with Crippen LogP contribution in [0.1, 0.15) is 23.8 Å². The molecule has 0 aromatic carbocycles. The van der Waals surface area contributed by atoms with Crippen LogP contribution in [-0.2, 0) is 12.8 Å². The zero-order valence-corrected chi connectivity index (χ0v) is 13.5. The minimum Gasteiger partial charge on any atom is -0.265 e. The van der Waals surface area contributed by atoms with Crippen molar-refractivity contribution in [2.45, 2.75) is 26.2 Å². The second-order valence-corrected chi connectivity index (χ2v) is 7.30. The molecule has 1 aliphatic carbocycles. The molecule has 5 nitrogen and oxygen atoms in total. The third-order valence-corrected chi connectivity index (χ3v) is 5.73. The molecule has 6 heteroatoms. The van der Waals surface area contributed by atoms with Gasteiger partial charge in [-0.25, -0.2) is 14.5 Å². The van der Waals surface area contributed by atoms with Gasteiger partial charge in [0, 0.05) is 22.8 Å². The number of aromatic nitrogens is 5. The summed E-state index contributed by atoms with van der Waals surface area (Å²) in [6, 6.07) is 3.87. The largest absolute Gasteiger partial charge is 0.265 e. The maximum Gasteiger partial charge on any atom is 0.182 e. The normalized spacial score (nSPS) is 17.7. The minimum atomic E-state index is 0.728. The number of aryl methyl sites for hydroxylation is 1. The molecule has 0 N–H and O–H groups in total. The second-order valence-electron chi connectivity index (χ2n) is 6.22. The highest BCUT2D eigenvalue weighted by atomic mass is 32.1. The predicted molar refractivity (Wildman–Crippen MR) is 90.6 cm³/mol. The maximum absolute atomic E-state index is 4.80. The van der Waals surface area contributed by atoms with Crippen molar-refractivity contribution in [1.29, 1.82) is 0 Å². The summed E-state index contributed by atoms with van der Waals surface area (Å²) < 4.78 is 1.81. The molecular weight excluding hydrogens is 306 g/mol. The van der Waals surface area contributed by atoms with Crippen LogP contribution < -0.4 is 0 Å². The zero-order valence-electron chi connectivity index (χ0n) is 12.7. The van der Waals surface area contributed by atoms with E-state index in [9.17, 15) is 0 Å². The summed E-state index contributed by atoms with van der Waals surface area (Å²) in [4.78, 5) is 16.0. The van der Waals surface area contributed by atoms with E-state index in [1.54, 1.807) is 18.7 Å². The SMILES string of the molecule is CC1CCc2c(sc3ncn4nc(-c5ccncc5)nc4c23)C1. The summed E-state index contributed by atoms with van der Waals surface area (Å²) in [5.74, 6) is 1.49. The first-order valence-corrected chi connectivity index (χ1v) is 8.67. The van der Waals surface area contributed by atoms with Crippen molar-refractivity contribution in [3.63, 3.8) is 0 Å². The number of nitrogens with zero attached hydrogens (tertiary/aromatic N) is 5. The van der Waals surface area contributed by atoms with Gasteiger partial charge in [0.2, 0.25) is 0 Å². The van der Waals surface area contributed by atoms with Gasteiger partial charge in [-0.15, -0.1) is 16.4 Å². The van der Waals surface area contributed by atoms with E-state index in [1.165, 1.54) is 22.2 Å².